The van der Waals surface area contributed by atoms with Gasteiger partial charge in [0.05, 0.1) is 29.8 Å². The minimum Gasteiger partial charge on any atom is -0.481 e. The number of aromatic nitrogens is 2. The Morgan fingerprint density at radius 2 is 1.75 bits per heavy atom. The Kier molecular flexibility index (Phi) is 6.73. The number of anilines is 1. The van der Waals surface area contributed by atoms with Crippen molar-refractivity contribution < 1.29 is 24.2 Å². The lowest BCUT2D eigenvalue weighted by atomic mass is 10.0. The molecule has 0 aliphatic heterocycles. The zero-order chi connectivity index (χ0) is 25.9. The van der Waals surface area contributed by atoms with Crippen molar-refractivity contribution in [3.8, 4) is 5.75 Å². The smallest absolute Gasteiger partial charge is 0.305 e. The van der Waals surface area contributed by atoms with Crippen LogP contribution in [0.1, 0.15) is 42.2 Å². The van der Waals surface area contributed by atoms with E-state index in [0.29, 0.717) is 22.5 Å². The summed E-state index contributed by atoms with van der Waals surface area (Å²) in [5.41, 5.74) is 7.12. The highest BCUT2D eigenvalue weighted by Gasteiger charge is 2.30. The van der Waals surface area contributed by atoms with E-state index in [9.17, 15) is 19.5 Å². The zero-order valence-electron chi connectivity index (χ0n) is 19.8. The highest BCUT2D eigenvalue weighted by atomic mass is 16.5. The molecule has 0 saturated heterocycles. The van der Waals surface area contributed by atoms with Crippen LogP contribution in [0.3, 0.4) is 0 Å². The van der Waals surface area contributed by atoms with Gasteiger partial charge in [-0.2, -0.15) is 0 Å². The second-order valence-corrected chi connectivity index (χ2v) is 8.83. The number of carbonyl (C=O) groups is 3. The zero-order valence-corrected chi connectivity index (χ0v) is 19.8. The molecule has 0 fully saturated rings. The standard InChI is InChI=1S/C27H26N4O5/c1-27(2,36-20-11-8-18(9-12-20)25(28)34)26(35)30-19-10-13-22-21(14-19)29-16-31(22)23(15-24(32)33)17-6-4-3-5-7-17/h3-14,16,23H,15H2,1-2H3,(H2,28,34)(H,30,35)(H,32,33). The molecular formula is C27H26N4O5. The van der Waals surface area contributed by atoms with Gasteiger partial charge in [-0.25, -0.2) is 4.98 Å². The number of rotatable bonds is 9. The van der Waals surface area contributed by atoms with Crippen molar-refractivity contribution in [3.05, 3.63) is 90.3 Å². The second-order valence-electron chi connectivity index (χ2n) is 8.83. The van der Waals surface area contributed by atoms with Crippen molar-refractivity contribution in [2.45, 2.75) is 31.9 Å². The fourth-order valence-corrected chi connectivity index (χ4v) is 3.89. The summed E-state index contributed by atoms with van der Waals surface area (Å²) in [7, 11) is 0. The number of carbonyl (C=O) groups excluding carboxylic acids is 2. The van der Waals surface area contributed by atoms with Crippen LogP contribution in [0.15, 0.2) is 79.1 Å². The number of nitrogens with two attached hydrogens (primary N) is 1. The molecular weight excluding hydrogens is 460 g/mol. The highest BCUT2D eigenvalue weighted by Crippen LogP contribution is 2.28. The fraction of sp³-hybridized carbons (Fsp3) is 0.185. The van der Waals surface area contributed by atoms with E-state index in [0.717, 1.165) is 11.1 Å². The van der Waals surface area contributed by atoms with Crippen molar-refractivity contribution in [1.29, 1.82) is 0 Å². The normalized spacial score (nSPS) is 12.2. The van der Waals surface area contributed by atoms with E-state index in [1.807, 2.05) is 34.9 Å². The minimum atomic E-state index is -1.22. The topological polar surface area (TPSA) is 137 Å². The van der Waals surface area contributed by atoms with Gasteiger partial charge in [-0.3, -0.25) is 14.4 Å². The molecule has 4 rings (SSSR count). The molecule has 0 radical (unpaired) electrons. The Bertz CT molecular complexity index is 1410. The largest absolute Gasteiger partial charge is 0.481 e. The molecule has 0 bridgehead atoms. The van der Waals surface area contributed by atoms with Gasteiger partial charge in [0.1, 0.15) is 5.75 Å². The van der Waals surface area contributed by atoms with Crippen molar-refractivity contribution in [2.75, 3.05) is 5.32 Å². The van der Waals surface area contributed by atoms with Crippen molar-refractivity contribution >= 4 is 34.5 Å². The number of amides is 2. The number of carboxylic acid groups (broad SMARTS) is 1. The summed E-state index contributed by atoms with van der Waals surface area (Å²) in [4.78, 5) is 40.2. The fourth-order valence-electron chi connectivity index (χ4n) is 3.89. The van der Waals surface area contributed by atoms with Crippen LogP contribution in [0.25, 0.3) is 11.0 Å². The first-order chi connectivity index (χ1) is 17.1. The third-order valence-corrected chi connectivity index (χ3v) is 5.78. The number of imidazole rings is 1. The van der Waals surface area contributed by atoms with Crippen LogP contribution < -0.4 is 15.8 Å². The lowest BCUT2D eigenvalue weighted by molar-refractivity contribution is -0.137. The number of nitrogens with one attached hydrogen (secondary N) is 1. The minimum absolute atomic E-state index is 0.0973. The summed E-state index contributed by atoms with van der Waals surface area (Å²) in [6, 6.07) is 20.4. The summed E-state index contributed by atoms with van der Waals surface area (Å²) < 4.78 is 7.67. The molecule has 1 aromatic heterocycles. The quantitative estimate of drug-likeness (QED) is 0.327. The van der Waals surface area contributed by atoms with Gasteiger partial charge < -0.3 is 25.5 Å². The van der Waals surface area contributed by atoms with Crippen molar-refractivity contribution in [1.82, 2.24) is 9.55 Å². The van der Waals surface area contributed by atoms with Gasteiger partial charge in [0.25, 0.3) is 5.91 Å². The number of primary amides is 1. The first-order valence-corrected chi connectivity index (χ1v) is 11.3. The molecule has 36 heavy (non-hydrogen) atoms. The first kappa shape index (κ1) is 24.5. The van der Waals surface area contributed by atoms with Crippen LogP contribution in [0, 0.1) is 0 Å². The van der Waals surface area contributed by atoms with E-state index < -0.39 is 23.5 Å². The Balaban J connectivity index is 1.53. The summed E-state index contributed by atoms with van der Waals surface area (Å²) in [6.07, 6.45) is 1.51. The molecule has 184 valence electrons. The summed E-state index contributed by atoms with van der Waals surface area (Å²) in [6.45, 7) is 3.27. The highest BCUT2D eigenvalue weighted by molar-refractivity contribution is 5.98. The van der Waals surface area contributed by atoms with Gasteiger partial charge in [-0.1, -0.05) is 30.3 Å². The molecule has 9 nitrogen and oxygen atoms in total. The van der Waals surface area contributed by atoms with Gasteiger partial charge in [0, 0.05) is 11.3 Å². The van der Waals surface area contributed by atoms with Crippen LogP contribution in [0.4, 0.5) is 5.69 Å². The molecule has 2 amide bonds. The lowest BCUT2D eigenvalue weighted by Gasteiger charge is -2.25. The van der Waals surface area contributed by atoms with Gasteiger partial charge in [0.15, 0.2) is 5.60 Å². The maximum Gasteiger partial charge on any atom is 0.305 e. The van der Waals surface area contributed by atoms with Crippen LogP contribution >= 0.6 is 0 Å². The van der Waals surface area contributed by atoms with Crippen molar-refractivity contribution in [2.24, 2.45) is 5.73 Å². The number of hydrogen-bond acceptors (Lipinski definition) is 5. The Morgan fingerprint density at radius 1 is 1.06 bits per heavy atom. The number of fused-ring (bicyclic) bond motifs is 1. The van der Waals surface area contributed by atoms with Gasteiger partial charge in [0.2, 0.25) is 5.91 Å². The molecule has 0 saturated carbocycles. The molecule has 0 aliphatic carbocycles. The van der Waals surface area contributed by atoms with Gasteiger partial charge in [-0.15, -0.1) is 0 Å². The number of ether oxygens (including phenoxy) is 1. The average molecular weight is 487 g/mol. The van der Waals surface area contributed by atoms with Gasteiger partial charge >= 0.3 is 5.97 Å². The molecule has 0 spiro atoms. The Labute approximate surface area is 207 Å². The van der Waals surface area contributed by atoms with E-state index in [-0.39, 0.29) is 12.3 Å². The number of benzene rings is 3. The maximum absolute atomic E-state index is 13.0. The van der Waals surface area contributed by atoms with Crippen LogP contribution in [-0.2, 0) is 9.59 Å². The molecule has 1 atom stereocenters. The number of hydrogen-bond donors (Lipinski definition) is 3. The molecule has 4 aromatic rings. The predicted molar refractivity (Wildman–Crippen MR) is 135 cm³/mol. The molecule has 9 heteroatoms. The lowest BCUT2D eigenvalue weighted by Crippen LogP contribution is -2.42. The summed E-state index contributed by atoms with van der Waals surface area (Å²) in [5, 5.41) is 12.3. The number of carboxylic acids is 1. The SMILES string of the molecule is CC(C)(Oc1ccc(C(N)=O)cc1)C(=O)Nc1ccc2c(c1)ncn2C(CC(=O)O)c1ccccc1. The number of nitrogens with zero attached hydrogens (tertiary/aromatic N) is 2. The van der Waals surface area contributed by atoms with Crippen LogP contribution in [0.2, 0.25) is 0 Å². The van der Waals surface area contributed by atoms with Crippen LogP contribution in [0.5, 0.6) is 5.75 Å². The third kappa shape index (κ3) is 5.35. The summed E-state index contributed by atoms with van der Waals surface area (Å²) in [5.74, 6) is -1.43. The van der Waals surface area contributed by atoms with E-state index in [1.165, 1.54) is 12.1 Å². The number of aliphatic carboxylic acids is 1. The Hall–Kier alpha value is -4.66. The van der Waals surface area contributed by atoms with Crippen molar-refractivity contribution in [3.63, 3.8) is 0 Å². The van der Waals surface area contributed by atoms with E-state index in [2.05, 4.69) is 10.3 Å². The second kappa shape index (κ2) is 9.91. The van der Waals surface area contributed by atoms with Crippen LogP contribution in [-0.4, -0.2) is 38.0 Å². The predicted octanol–water partition coefficient (Wildman–Crippen LogP) is 4.00. The van der Waals surface area contributed by atoms with E-state index in [1.54, 1.807) is 50.5 Å². The monoisotopic (exact) mass is 486 g/mol. The van der Waals surface area contributed by atoms with Gasteiger partial charge in [-0.05, 0) is 61.9 Å². The first-order valence-electron chi connectivity index (χ1n) is 11.3. The van der Waals surface area contributed by atoms with E-state index in [4.69, 9.17) is 10.5 Å². The third-order valence-electron chi connectivity index (χ3n) is 5.78. The molecule has 4 N–H and O–H groups in total. The average Bonchev–Trinajstić information content (AvgIpc) is 3.26. The molecule has 1 heterocycles. The van der Waals surface area contributed by atoms with E-state index >= 15 is 0 Å². The summed E-state index contributed by atoms with van der Waals surface area (Å²) >= 11 is 0. The maximum atomic E-state index is 13.0. The molecule has 3 aromatic carbocycles. The molecule has 1 unspecified atom stereocenters. The Morgan fingerprint density at radius 3 is 2.39 bits per heavy atom. The molecule has 0 aliphatic rings.